The zero-order valence-corrected chi connectivity index (χ0v) is 14.2. The van der Waals surface area contributed by atoms with Crippen LogP contribution >= 0.6 is 11.3 Å². The van der Waals surface area contributed by atoms with Crippen molar-refractivity contribution >= 4 is 23.3 Å². The number of rotatable bonds is 4. The first-order valence-corrected chi connectivity index (χ1v) is 8.59. The second kappa shape index (κ2) is 7.13. The molecule has 1 fully saturated rings. The summed E-state index contributed by atoms with van der Waals surface area (Å²) in [6.45, 7) is 6.54. The van der Waals surface area contributed by atoms with Crippen LogP contribution in [-0.4, -0.2) is 35.6 Å². The number of carbonyl (C=O) groups excluding carboxylic acids is 2. The van der Waals surface area contributed by atoms with E-state index in [0.717, 1.165) is 19.4 Å². The molecular weight excluding hydrogens is 300 g/mol. The van der Waals surface area contributed by atoms with E-state index in [-0.39, 0.29) is 11.9 Å². The van der Waals surface area contributed by atoms with E-state index in [0.29, 0.717) is 13.0 Å². The fraction of sp³-hybridized carbons (Fsp3) is 0.625. The minimum atomic E-state index is -0.521. The SMILES string of the molecule is CC(C)(C)OC(=O)NCCC(=O)N1CCCC1c1ccsc1. The molecule has 1 N–H and O–H groups in total. The zero-order chi connectivity index (χ0) is 16.2. The molecule has 0 bridgehead atoms. The highest BCUT2D eigenvalue weighted by atomic mass is 32.1. The van der Waals surface area contributed by atoms with Crippen LogP contribution in [0.2, 0.25) is 0 Å². The molecule has 2 amide bonds. The largest absolute Gasteiger partial charge is 0.444 e. The monoisotopic (exact) mass is 324 g/mol. The Kier molecular flexibility index (Phi) is 5.45. The van der Waals surface area contributed by atoms with E-state index < -0.39 is 11.7 Å². The number of likely N-dealkylation sites (tertiary alicyclic amines) is 1. The molecule has 1 unspecified atom stereocenters. The second-order valence-corrected chi connectivity index (χ2v) is 7.26. The van der Waals surface area contributed by atoms with Gasteiger partial charge < -0.3 is 15.0 Å². The minimum absolute atomic E-state index is 0.0877. The van der Waals surface area contributed by atoms with Gasteiger partial charge in [-0.15, -0.1) is 0 Å². The van der Waals surface area contributed by atoms with Crippen LogP contribution in [0.4, 0.5) is 4.79 Å². The maximum atomic E-state index is 12.4. The first-order valence-electron chi connectivity index (χ1n) is 7.65. The lowest BCUT2D eigenvalue weighted by Crippen LogP contribution is -2.36. The summed E-state index contributed by atoms with van der Waals surface area (Å²) in [5.74, 6) is 0.0877. The van der Waals surface area contributed by atoms with Crippen LogP contribution in [0.3, 0.4) is 0 Å². The molecule has 1 aromatic heterocycles. The van der Waals surface area contributed by atoms with Gasteiger partial charge in [0, 0.05) is 19.5 Å². The van der Waals surface area contributed by atoms with Gasteiger partial charge >= 0.3 is 6.09 Å². The molecule has 5 nitrogen and oxygen atoms in total. The highest BCUT2D eigenvalue weighted by Gasteiger charge is 2.29. The van der Waals surface area contributed by atoms with E-state index in [1.807, 2.05) is 31.1 Å². The fourth-order valence-electron chi connectivity index (χ4n) is 2.61. The Labute approximate surface area is 135 Å². The van der Waals surface area contributed by atoms with E-state index >= 15 is 0 Å². The minimum Gasteiger partial charge on any atom is -0.444 e. The first-order chi connectivity index (χ1) is 10.4. The smallest absolute Gasteiger partial charge is 0.407 e. The van der Waals surface area contributed by atoms with Crippen LogP contribution in [0.25, 0.3) is 0 Å². The van der Waals surface area contributed by atoms with Crippen LogP contribution < -0.4 is 5.32 Å². The summed E-state index contributed by atoms with van der Waals surface area (Å²) in [4.78, 5) is 25.8. The number of hydrogen-bond donors (Lipinski definition) is 1. The number of carbonyl (C=O) groups is 2. The van der Waals surface area contributed by atoms with Crippen molar-refractivity contribution in [1.29, 1.82) is 0 Å². The van der Waals surface area contributed by atoms with Crippen molar-refractivity contribution in [2.24, 2.45) is 0 Å². The molecule has 6 heteroatoms. The Morgan fingerprint density at radius 3 is 2.86 bits per heavy atom. The first kappa shape index (κ1) is 16.8. The number of nitrogens with zero attached hydrogens (tertiary/aromatic N) is 1. The predicted molar refractivity (Wildman–Crippen MR) is 86.9 cm³/mol. The van der Waals surface area contributed by atoms with Gasteiger partial charge in [-0.25, -0.2) is 4.79 Å². The molecular formula is C16H24N2O3S. The normalized spacial score (nSPS) is 18.3. The van der Waals surface area contributed by atoms with Crippen molar-refractivity contribution in [3.8, 4) is 0 Å². The van der Waals surface area contributed by atoms with Gasteiger partial charge in [-0.3, -0.25) is 4.79 Å². The lowest BCUT2D eigenvalue weighted by Gasteiger charge is -2.24. The van der Waals surface area contributed by atoms with Crippen LogP contribution in [-0.2, 0) is 9.53 Å². The van der Waals surface area contributed by atoms with Crippen LogP contribution in [0, 0.1) is 0 Å². The van der Waals surface area contributed by atoms with Crippen LogP contribution in [0.5, 0.6) is 0 Å². The lowest BCUT2D eigenvalue weighted by molar-refractivity contribution is -0.132. The highest BCUT2D eigenvalue weighted by Crippen LogP contribution is 2.33. The highest BCUT2D eigenvalue weighted by molar-refractivity contribution is 7.07. The maximum Gasteiger partial charge on any atom is 0.407 e. The van der Waals surface area contributed by atoms with Crippen molar-refractivity contribution in [3.05, 3.63) is 22.4 Å². The molecule has 2 heterocycles. The van der Waals surface area contributed by atoms with Gasteiger partial charge in [-0.2, -0.15) is 11.3 Å². The number of thiophene rings is 1. The quantitative estimate of drug-likeness (QED) is 0.924. The summed E-state index contributed by atoms with van der Waals surface area (Å²) in [6, 6.07) is 2.28. The third-order valence-corrected chi connectivity index (χ3v) is 4.21. The van der Waals surface area contributed by atoms with Crippen molar-refractivity contribution in [2.75, 3.05) is 13.1 Å². The van der Waals surface area contributed by atoms with Crippen LogP contribution in [0.1, 0.15) is 51.6 Å². The van der Waals surface area contributed by atoms with Gasteiger partial charge in [0.15, 0.2) is 0 Å². The van der Waals surface area contributed by atoms with Crippen molar-refractivity contribution in [3.63, 3.8) is 0 Å². The molecule has 0 spiro atoms. The van der Waals surface area contributed by atoms with Gasteiger partial charge in [-0.1, -0.05) is 0 Å². The number of hydrogen-bond acceptors (Lipinski definition) is 4. The predicted octanol–water partition coefficient (Wildman–Crippen LogP) is 3.33. The molecule has 0 aromatic carbocycles. The summed E-state index contributed by atoms with van der Waals surface area (Å²) >= 11 is 1.66. The summed E-state index contributed by atoms with van der Waals surface area (Å²) in [5, 5.41) is 6.78. The molecule has 1 atom stereocenters. The van der Waals surface area contributed by atoms with Crippen molar-refractivity contribution in [1.82, 2.24) is 10.2 Å². The molecule has 122 valence electrons. The Morgan fingerprint density at radius 1 is 1.45 bits per heavy atom. The summed E-state index contributed by atoms with van der Waals surface area (Å²) in [6.07, 6.45) is 1.88. The van der Waals surface area contributed by atoms with E-state index in [4.69, 9.17) is 4.74 Å². The number of alkyl carbamates (subject to hydrolysis) is 1. The fourth-order valence-corrected chi connectivity index (χ4v) is 3.31. The number of amides is 2. The molecule has 0 saturated carbocycles. The third kappa shape index (κ3) is 4.73. The molecule has 1 saturated heterocycles. The lowest BCUT2D eigenvalue weighted by atomic mass is 10.1. The average molecular weight is 324 g/mol. The standard InChI is InChI=1S/C16H24N2O3S/c1-16(2,3)21-15(20)17-8-6-14(19)18-9-4-5-13(18)12-7-10-22-11-12/h7,10-11,13H,4-6,8-9H2,1-3H3,(H,17,20). The maximum absolute atomic E-state index is 12.4. The Hall–Kier alpha value is -1.56. The topological polar surface area (TPSA) is 58.6 Å². The van der Waals surface area contributed by atoms with Gasteiger partial charge in [0.05, 0.1) is 6.04 Å². The molecule has 22 heavy (non-hydrogen) atoms. The van der Waals surface area contributed by atoms with Crippen LogP contribution in [0.15, 0.2) is 16.8 Å². The Bertz CT molecular complexity index is 508. The molecule has 1 aliphatic heterocycles. The molecule has 2 rings (SSSR count). The molecule has 0 radical (unpaired) electrons. The molecule has 0 aliphatic carbocycles. The summed E-state index contributed by atoms with van der Waals surface area (Å²) in [7, 11) is 0. The molecule has 1 aliphatic rings. The van der Waals surface area contributed by atoms with Gasteiger partial charge in [-0.05, 0) is 56.0 Å². The Morgan fingerprint density at radius 2 is 2.23 bits per heavy atom. The third-order valence-electron chi connectivity index (χ3n) is 3.51. The van der Waals surface area contributed by atoms with E-state index in [1.165, 1.54) is 5.56 Å². The van der Waals surface area contributed by atoms with E-state index in [9.17, 15) is 9.59 Å². The van der Waals surface area contributed by atoms with E-state index in [2.05, 4.69) is 16.8 Å². The summed E-state index contributed by atoms with van der Waals surface area (Å²) < 4.78 is 5.15. The number of ether oxygens (including phenoxy) is 1. The zero-order valence-electron chi connectivity index (χ0n) is 13.4. The van der Waals surface area contributed by atoms with Crippen molar-refractivity contribution in [2.45, 2.75) is 51.7 Å². The number of nitrogens with one attached hydrogen (secondary N) is 1. The van der Waals surface area contributed by atoms with Gasteiger partial charge in [0.1, 0.15) is 5.60 Å². The Balaban J connectivity index is 1.79. The average Bonchev–Trinajstić information content (AvgIpc) is 3.07. The molecule has 1 aromatic rings. The van der Waals surface area contributed by atoms with E-state index in [1.54, 1.807) is 11.3 Å². The van der Waals surface area contributed by atoms with Gasteiger partial charge in [0.25, 0.3) is 0 Å². The summed E-state index contributed by atoms with van der Waals surface area (Å²) in [5.41, 5.74) is 0.698. The van der Waals surface area contributed by atoms with Crippen molar-refractivity contribution < 1.29 is 14.3 Å². The van der Waals surface area contributed by atoms with Gasteiger partial charge in [0.2, 0.25) is 5.91 Å². The second-order valence-electron chi connectivity index (χ2n) is 6.48.